The number of nitrogens with zero attached hydrogens (tertiary/aromatic N) is 1. The fourth-order valence-electron chi connectivity index (χ4n) is 3.71. The van der Waals surface area contributed by atoms with Crippen molar-refractivity contribution in [2.75, 3.05) is 4.90 Å². The van der Waals surface area contributed by atoms with Crippen molar-refractivity contribution in [1.82, 2.24) is 0 Å². The number of amides is 2. The SMILES string of the molecule is CC(C)(C)c1cc(N(C(=O)C(N)=O)c2cc(C(C)(C)C)cc(C(C)(C)C)c2)cc(C(C)(C)C)c1. The van der Waals surface area contributed by atoms with E-state index in [1.165, 1.54) is 4.90 Å². The minimum atomic E-state index is -0.975. The fourth-order valence-corrected chi connectivity index (χ4v) is 3.71. The molecule has 0 heterocycles. The van der Waals surface area contributed by atoms with Crippen LogP contribution in [0.2, 0.25) is 0 Å². The molecule has 0 saturated carbocycles. The van der Waals surface area contributed by atoms with E-state index in [-0.39, 0.29) is 21.7 Å². The number of carbonyl (C=O) groups is 2. The third-order valence-corrected chi connectivity index (χ3v) is 6.23. The molecule has 2 aromatic rings. The van der Waals surface area contributed by atoms with Crippen molar-refractivity contribution < 1.29 is 9.59 Å². The smallest absolute Gasteiger partial charge is 0.320 e. The first-order valence-electron chi connectivity index (χ1n) is 12.1. The minimum Gasteiger partial charge on any atom is -0.361 e. The highest BCUT2D eigenvalue weighted by Gasteiger charge is 2.30. The molecule has 0 aliphatic rings. The van der Waals surface area contributed by atoms with Gasteiger partial charge in [0.25, 0.3) is 0 Å². The lowest BCUT2D eigenvalue weighted by Gasteiger charge is -2.32. The minimum absolute atomic E-state index is 0.138. The topological polar surface area (TPSA) is 63.4 Å². The van der Waals surface area contributed by atoms with Crippen LogP contribution in [0.4, 0.5) is 11.4 Å². The molecule has 0 aliphatic heterocycles. The Bertz CT molecular complexity index is 945. The van der Waals surface area contributed by atoms with E-state index in [1.807, 2.05) is 24.3 Å². The summed E-state index contributed by atoms with van der Waals surface area (Å²) in [5.74, 6) is -1.71. The van der Waals surface area contributed by atoms with E-state index >= 15 is 0 Å². The third kappa shape index (κ3) is 6.28. The van der Waals surface area contributed by atoms with Crippen LogP contribution in [0.1, 0.15) is 105 Å². The van der Waals surface area contributed by atoms with Crippen LogP contribution in [0.25, 0.3) is 0 Å². The zero-order valence-electron chi connectivity index (χ0n) is 23.3. The van der Waals surface area contributed by atoms with E-state index in [0.717, 1.165) is 22.3 Å². The van der Waals surface area contributed by atoms with Gasteiger partial charge in [-0.3, -0.25) is 14.5 Å². The summed E-state index contributed by atoms with van der Waals surface area (Å²) >= 11 is 0. The summed E-state index contributed by atoms with van der Waals surface area (Å²) in [7, 11) is 0. The molecular weight excluding hydrogens is 420 g/mol. The van der Waals surface area contributed by atoms with Crippen LogP contribution in [0, 0.1) is 0 Å². The van der Waals surface area contributed by atoms with Crippen molar-refractivity contribution in [3.05, 3.63) is 58.7 Å². The summed E-state index contributed by atoms with van der Waals surface area (Å²) in [5.41, 5.74) is 10.7. The van der Waals surface area contributed by atoms with Crippen molar-refractivity contribution in [1.29, 1.82) is 0 Å². The maximum atomic E-state index is 13.3. The summed E-state index contributed by atoms with van der Waals surface area (Å²) in [6, 6.07) is 12.4. The monoisotopic (exact) mass is 464 g/mol. The molecule has 0 bridgehead atoms. The van der Waals surface area contributed by atoms with Crippen LogP contribution in [0.3, 0.4) is 0 Å². The number of benzene rings is 2. The Kier molecular flexibility index (Phi) is 7.20. The van der Waals surface area contributed by atoms with Gasteiger partial charge >= 0.3 is 11.8 Å². The summed E-state index contributed by atoms with van der Waals surface area (Å²) < 4.78 is 0. The molecule has 0 unspecified atom stereocenters. The molecule has 0 aromatic heterocycles. The molecule has 2 N–H and O–H groups in total. The predicted octanol–water partition coefficient (Wildman–Crippen LogP) is 7.03. The molecule has 186 valence electrons. The molecule has 4 heteroatoms. The zero-order chi connectivity index (χ0) is 26.4. The Morgan fingerprint density at radius 1 is 0.529 bits per heavy atom. The van der Waals surface area contributed by atoms with Crippen LogP contribution < -0.4 is 10.6 Å². The van der Waals surface area contributed by atoms with E-state index in [1.54, 1.807) is 0 Å². The Labute approximate surface area is 206 Å². The molecular formula is C30H44N2O2. The Balaban J connectivity index is 2.97. The van der Waals surface area contributed by atoms with E-state index in [0.29, 0.717) is 11.4 Å². The van der Waals surface area contributed by atoms with Crippen molar-refractivity contribution in [3.63, 3.8) is 0 Å². The molecule has 4 nitrogen and oxygen atoms in total. The Morgan fingerprint density at radius 3 is 0.941 bits per heavy atom. The highest BCUT2D eigenvalue weighted by molar-refractivity contribution is 6.41. The quantitative estimate of drug-likeness (QED) is 0.485. The fraction of sp³-hybridized carbons (Fsp3) is 0.533. The standard InChI is InChI=1S/C30H44N2O2/c1-27(2,3)19-13-20(28(4,5)6)16-23(15-19)32(26(34)25(31)33)24-17-21(29(7,8)9)14-22(18-24)30(10,11)12/h13-18H,1-12H3,(H2,31,33). The van der Waals surface area contributed by atoms with E-state index in [2.05, 4.69) is 95.2 Å². The van der Waals surface area contributed by atoms with Crippen molar-refractivity contribution in [3.8, 4) is 0 Å². The second-order valence-corrected chi connectivity index (χ2v) is 13.5. The molecule has 0 spiro atoms. The zero-order valence-corrected chi connectivity index (χ0v) is 23.3. The summed E-state index contributed by atoms with van der Waals surface area (Å²) in [5, 5.41) is 0. The van der Waals surface area contributed by atoms with E-state index in [9.17, 15) is 9.59 Å². The molecule has 0 saturated heterocycles. The molecule has 2 aromatic carbocycles. The summed E-state index contributed by atoms with van der Waals surface area (Å²) in [4.78, 5) is 27.1. The first-order valence-corrected chi connectivity index (χ1v) is 12.1. The number of primary amides is 1. The number of hydrogen-bond acceptors (Lipinski definition) is 2. The van der Waals surface area contributed by atoms with Gasteiger partial charge in [0.2, 0.25) is 0 Å². The predicted molar refractivity (Wildman–Crippen MR) is 144 cm³/mol. The number of hydrogen-bond donors (Lipinski definition) is 1. The molecule has 0 aliphatic carbocycles. The van der Waals surface area contributed by atoms with Gasteiger partial charge in [-0.15, -0.1) is 0 Å². The maximum absolute atomic E-state index is 13.3. The average molecular weight is 465 g/mol. The first-order chi connectivity index (χ1) is 15.1. The highest BCUT2D eigenvalue weighted by Crippen LogP contribution is 2.39. The van der Waals surface area contributed by atoms with E-state index in [4.69, 9.17) is 5.73 Å². The second-order valence-electron chi connectivity index (χ2n) is 13.5. The van der Waals surface area contributed by atoms with Crippen LogP contribution in [0.5, 0.6) is 0 Å². The summed E-state index contributed by atoms with van der Waals surface area (Å²) in [6.07, 6.45) is 0. The molecule has 0 atom stereocenters. The van der Waals surface area contributed by atoms with Crippen molar-refractivity contribution in [2.24, 2.45) is 5.73 Å². The van der Waals surface area contributed by atoms with Gasteiger partial charge in [-0.05, 0) is 68.2 Å². The lowest BCUT2D eigenvalue weighted by atomic mass is 9.79. The second kappa shape index (κ2) is 8.87. The molecule has 0 fully saturated rings. The van der Waals surface area contributed by atoms with Gasteiger partial charge < -0.3 is 5.73 Å². The van der Waals surface area contributed by atoms with Gasteiger partial charge in [-0.2, -0.15) is 0 Å². The molecule has 2 amide bonds. The van der Waals surface area contributed by atoms with E-state index < -0.39 is 11.8 Å². The number of rotatable bonds is 2. The van der Waals surface area contributed by atoms with Crippen molar-refractivity contribution >= 4 is 23.2 Å². The first kappa shape index (κ1) is 27.6. The van der Waals surface area contributed by atoms with Crippen LogP contribution in [0.15, 0.2) is 36.4 Å². The maximum Gasteiger partial charge on any atom is 0.320 e. The normalized spacial score (nSPS) is 13.1. The third-order valence-electron chi connectivity index (χ3n) is 6.23. The van der Waals surface area contributed by atoms with Gasteiger partial charge in [-0.25, -0.2) is 0 Å². The Hall–Kier alpha value is -2.62. The number of nitrogens with two attached hydrogens (primary N) is 1. The van der Waals surface area contributed by atoms with Crippen LogP contribution in [-0.4, -0.2) is 11.8 Å². The molecule has 34 heavy (non-hydrogen) atoms. The Morgan fingerprint density at radius 2 is 0.765 bits per heavy atom. The average Bonchev–Trinajstić information content (AvgIpc) is 2.65. The van der Waals surface area contributed by atoms with Gasteiger partial charge in [-0.1, -0.05) is 95.2 Å². The van der Waals surface area contributed by atoms with Gasteiger partial charge in [0, 0.05) is 11.4 Å². The molecule has 0 radical (unpaired) electrons. The van der Waals surface area contributed by atoms with Crippen LogP contribution in [-0.2, 0) is 31.2 Å². The van der Waals surface area contributed by atoms with Crippen LogP contribution >= 0.6 is 0 Å². The van der Waals surface area contributed by atoms with Gasteiger partial charge in [0.15, 0.2) is 0 Å². The van der Waals surface area contributed by atoms with Crippen molar-refractivity contribution in [2.45, 2.75) is 105 Å². The lowest BCUT2D eigenvalue weighted by Crippen LogP contribution is -2.38. The van der Waals surface area contributed by atoms with Gasteiger partial charge in [0.05, 0.1) is 0 Å². The largest absolute Gasteiger partial charge is 0.361 e. The molecule has 2 rings (SSSR count). The number of anilines is 2. The lowest BCUT2D eigenvalue weighted by molar-refractivity contribution is -0.135. The highest BCUT2D eigenvalue weighted by atomic mass is 16.2. The number of carbonyl (C=O) groups excluding carboxylic acids is 2. The van der Waals surface area contributed by atoms with Gasteiger partial charge in [0.1, 0.15) is 0 Å². The summed E-state index contributed by atoms with van der Waals surface area (Å²) in [6.45, 7) is 25.8.